The summed E-state index contributed by atoms with van der Waals surface area (Å²) in [6, 6.07) is 11.8. The Hall–Kier alpha value is -3.75. The van der Waals surface area contributed by atoms with Crippen LogP contribution in [0.25, 0.3) is 16.9 Å². The van der Waals surface area contributed by atoms with Crippen molar-refractivity contribution in [1.29, 1.82) is 0 Å². The number of H-pyrrole nitrogens is 1. The van der Waals surface area contributed by atoms with Crippen molar-refractivity contribution in [2.24, 2.45) is 5.92 Å². The third kappa shape index (κ3) is 4.05. The topological polar surface area (TPSA) is 105 Å². The summed E-state index contributed by atoms with van der Waals surface area (Å²) in [5.41, 5.74) is 3.85. The van der Waals surface area contributed by atoms with E-state index in [1.807, 2.05) is 54.9 Å². The Bertz CT molecular complexity index is 1230. The summed E-state index contributed by atoms with van der Waals surface area (Å²) in [6.45, 7) is 5.84. The number of amides is 1. The molecule has 2 N–H and O–H groups in total. The van der Waals surface area contributed by atoms with Gasteiger partial charge in [-0.05, 0) is 44.9 Å². The number of rotatable bonds is 5. The lowest BCUT2D eigenvalue weighted by molar-refractivity contribution is -0.125. The normalized spacial score (nSPS) is 16.4. The molecule has 0 saturated carbocycles. The summed E-state index contributed by atoms with van der Waals surface area (Å²) in [6.07, 6.45) is 3.35. The standard InChI is InChI=1S/C23H26N8O/c1-15-10-16(2)31(29-15)22-11-21(25-14-26-22)30-9-5-6-17(13-30)23(32)24-12-20-27-18-7-3-4-8-19(18)28-20/h3-4,7-8,10-11,14,17H,5-6,9,12-13H2,1-2H3,(H,24,32)(H,27,28)/t17-/m0/s1. The van der Waals surface area contributed by atoms with Gasteiger partial charge in [-0.3, -0.25) is 4.79 Å². The van der Waals surface area contributed by atoms with E-state index in [1.165, 1.54) is 0 Å². The molecule has 5 rings (SSSR count). The number of aryl methyl sites for hydroxylation is 2. The van der Waals surface area contributed by atoms with Gasteiger partial charge in [0.15, 0.2) is 5.82 Å². The summed E-state index contributed by atoms with van der Waals surface area (Å²) < 4.78 is 1.82. The number of benzene rings is 1. The number of imidazole rings is 1. The molecule has 1 aliphatic heterocycles. The van der Waals surface area contributed by atoms with E-state index >= 15 is 0 Å². The minimum absolute atomic E-state index is 0.0444. The molecule has 0 spiro atoms. The van der Waals surface area contributed by atoms with Crippen LogP contribution in [0.15, 0.2) is 42.7 Å². The second kappa shape index (κ2) is 8.41. The highest BCUT2D eigenvalue weighted by Gasteiger charge is 2.27. The molecule has 9 heteroatoms. The average molecular weight is 431 g/mol. The first-order chi connectivity index (χ1) is 15.6. The molecule has 1 amide bonds. The van der Waals surface area contributed by atoms with Gasteiger partial charge in [-0.2, -0.15) is 5.10 Å². The molecule has 1 saturated heterocycles. The summed E-state index contributed by atoms with van der Waals surface area (Å²) in [7, 11) is 0. The van der Waals surface area contributed by atoms with Crippen LogP contribution in [0.1, 0.15) is 30.1 Å². The van der Waals surface area contributed by atoms with Crippen molar-refractivity contribution in [2.45, 2.75) is 33.2 Å². The Labute approximate surface area is 185 Å². The molecule has 0 aliphatic carbocycles. The lowest BCUT2D eigenvalue weighted by atomic mass is 9.97. The maximum absolute atomic E-state index is 12.9. The van der Waals surface area contributed by atoms with Crippen molar-refractivity contribution in [3.8, 4) is 5.82 Å². The molecule has 0 radical (unpaired) electrons. The molecule has 3 aromatic heterocycles. The lowest BCUT2D eigenvalue weighted by Crippen LogP contribution is -2.43. The van der Waals surface area contributed by atoms with E-state index in [0.717, 1.165) is 59.3 Å². The number of fused-ring (bicyclic) bond motifs is 1. The largest absolute Gasteiger partial charge is 0.356 e. The highest BCUT2D eigenvalue weighted by Crippen LogP contribution is 2.23. The fourth-order valence-electron chi connectivity index (χ4n) is 4.29. The molecule has 1 atom stereocenters. The number of carbonyl (C=O) groups excluding carboxylic acids is 1. The summed E-state index contributed by atoms with van der Waals surface area (Å²) in [5.74, 6) is 2.26. The number of carbonyl (C=O) groups is 1. The smallest absolute Gasteiger partial charge is 0.225 e. The van der Waals surface area contributed by atoms with Crippen LogP contribution in [-0.4, -0.2) is 48.7 Å². The van der Waals surface area contributed by atoms with Crippen molar-refractivity contribution in [1.82, 2.24) is 35.0 Å². The Balaban J connectivity index is 1.25. The van der Waals surface area contributed by atoms with Crippen LogP contribution in [0.2, 0.25) is 0 Å². The lowest BCUT2D eigenvalue weighted by Gasteiger charge is -2.32. The Kier molecular flexibility index (Phi) is 5.30. The van der Waals surface area contributed by atoms with Gasteiger partial charge in [0.05, 0.1) is 29.2 Å². The number of aromatic nitrogens is 6. The van der Waals surface area contributed by atoms with Crippen molar-refractivity contribution in [3.05, 3.63) is 59.9 Å². The second-order valence-corrected chi connectivity index (χ2v) is 8.28. The van der Waals surface area contributed by atoms with E-state index in [1.54, 1.807) is 6.33 Å². The van der Waals surface area contributed by atoms with Crippen LogP contribution in [0.5, 0.6) is 0 Å². The average Bonchev–Trinajstić information content (AvgIpc) is 3.39. The molecule has 1 aliphatic rings. The molecule has 9 nitrogen and oxygen atoms in total. The van der Waals surface area contributed by atoms with Crippen molar-refractivity contribution >= 4 is 22.8 Å². The zero-order chi connectivity index (χ0) is 22.1. The fourth-order valence-corrected chi connectivity index (χ4v) is 4.29. The SMILES string of the molecule is Cc1cc(C)n(-c2cc(N3CCC[C@H](C(=O)NCc4nc5ccccc5[nH]4)C3)ncn2)n1. The third-order valence-electron chi connectivity index (χ3n) is 5.85. The summed E-state index contributed by atoms with van der Waals surface area (Å²) in [4.78, 5) is 31.7. The predicted molar refractivity (Wildman–Crippen MR) is 122 cm³/mol. The van der Waals surface area contributed by atoms with Gasteiger partial charge in [-0.1, -0.05) is 12.1 Å². The first kappa shape index (κ1) is 20.2. The molecule has 0 bridgehead atoms. The van der Waals surface area contributed by atoms with Gasteiger partial charge in [-0.25, -0.2) is 19.6 Å². The number of piperidine rings is 1. The number of para-hydroxylation sites is 2. The molecule has 32 heavy (non-hydrogen) atoms. The van der Waals surface area contributed by atoms with E-state index in [0.29, 0.717) is 13.1 Å². The second-order valence-electron chi connectivity index (χ2n) is 8.28. The van der Waals surface area contributed by atoms with Crippen LogP contribution in [0.3, 0.4) is 0 Å². The molecule has 1 aromatic carbocycles. The molecule has 4 heterocycles. The van der Waals surface area contributed by atoms with Crippen molar-refractivity contribution < 1.29 is 4.79 Å². The highest BCUT2D eigenvalue weighted by molar-refractivity contribution is 5.80. The first-order valence-electron chi connectivity index (χ1n) is 10.9. The quantitative estimate of drug-likeness (QED) is 0.504. The van der Waals surface area contributed by atoms with E-state index in [9.17, 15) is 4.79 Å². The fraction of sp³-hybridized carbons (Fsp3) is 0.348. The predicted octanol–water partition coefficient (Wildman–Crippen LogP) is 2.69. The molecular weight excluding hydrogens is 404 g/mol. The van der Waals surface area contributed by atoms with Crippen LogP contribution in [-0.2, 0) is 11.3 Å². The van der Waals surface area contributed by atoms with E-state index < -0.39 is 0 Å². The molecule has 1 fully saturated rings. The van der Waals surface area contributed by atoms with Gasteiger partial charge >= 0.3 is 0 Å². The van der Waals surface area contributed by atoms with Crippen LogP contribution < -0.4 is 10.2 Å². The third-order valence-corrected chi connectivity index (χ3v) is 5.85. The van der Waals surface area contributed by atoms with E-state index in [2.05, 4.69) is 35.3 Å². The van der Waals surface area contributed by atoms with Gasteiger partial charge in [0.25, 0.3) is 0 Å². The van der Waals surface area contributed by atoms with Crippen molar-refractivity contribution in [2.75, 3.05) is 18.0 Å². The van der Waals surface area contributed by atoms with E-state index in [-0.39, 0.29) is 11.8 Å². The number of nitrogens with one attached hydrogen (secondary N) is 2. The van der Waals surface area contributed by atoms with Gasteiger partial charge in [-0.15, -0.1) is 0 Å². The zero-order valence-corrected chi connectivity index (χ0v) is 18.2. The minimum atomic E-state index is -0.0970. The highest BCUT2D eigenvalue weighted by atomic mass is 16.1. The van der Waals surface area contributed by atoms with Gasteiger partial charge in [0.1, 0.15) is 18.0 Å². The number of hydrogen-bond acceptors (Lipinski definition) is 6. The number of hydrogen-bond donors (Lipinski definition) is 2. The molecule has 0 unspecified atom stereocenters. The van der Waals surface area contributed by atoms with Gasteiger partial charge < -0.3 is 15.2 Å². The Morgan fingerprint density at radius 1 is 1.19 bits per heavy atom. The molecule has 164 valence electrons. The summed E-state index contributed by atoms with van der Waals surface area (Å²) >= 11 is 0. The van der Waals surface area contributed by atoms with Crippen LogP contribution >= 0.6 is 0 Å². The Morgan fingerprint density at radius 2 is 2.03 bits per heavy atom. The maximum atomic E-state index is 12.9. The summed E-state index contributed by atoms with van der Waals surface area (Å²) in [5, 5.41) is 7.56. The van der Waals surface area contributed by atoms with Crippen LogP contribution in [0.4, 0.5) is 5.82 Å². The zero-order valence-electron chi connectivity index (χ0n) is 18.2. The monoisotopic (exact) mass is 430 g/mol. The maximum Gasteiger partial charge on any atom is 0.225 e. The van der Waals surface area contributed by atoms with Gasteiger partial charge in [0.2, 0.25) is 5.91 Å². The minimum Gasteiger partial charge on any atom is -0.356 e. The van der Waals surface area contributed by atoms with Crippen LogP contribution in [0, 0.1) is 19.8 Å². The first-order valence-corrected chi connectivity index (χ1v) is 10.9. The van der Waals surface area contributed by atoms with Gasteiger partial charge in [0, 0.05) is 24.8 Å². The number of nitrogens with zero attached hydrogens (tertiary/aromatic N) is 6. The van der Waals surface area contributed by atoms with Crippen molar-refractivity contribution in [3.63, 3.8) is 0 Å². The number of aromatic amines is 1. The molecular formula is C23H26N8O. The van der Waals surface area contributed by atoms with E-state index in [4.69, 9.17) is 0 Å². The Morgan fingerprint density at radius 3 is 2.84 bits per heavy atom. The number of anilines is 1. The molecule has 4 aromatic rings.